The van der Waals surface area contributed by atoms with Crippen molar-refractivity contribution in [2.75, 3.05) is 0 Å². The number of hydrogen-bond donors (Lipinski definition) is 0. The van der Waals surface area contributed by atoms with Crippen LogP contribution in [-0.2, 0) is 0 Å². The second kappa shape index (κ2) is 7.32. The van der Waals surface area contributed by atoms with Gasteiger partial charge < -0.3 is 0 Å². The molecule has 0 unspecified atom stereocenters. The van der Waals surface area contributed by atoms with E-state index in [1.165, 1.54) is 11.8 Å². The number of aryl methyl sites for hydroxylation is 2. The van der Waals surface area contributed by atoms with E-state index in [1.54, 1.807) is 12.1 Å². The zero-order chi connectivity index (χ0) is 18.1. The average molecular weight is 394 g/mol. The monoisotopic (exact) mass is 393 g/mol. The zero-order valence-corrected chi connectivity index (χ0v) is 16.6. The minimum Gasteiger partial charge on any atom is -0.299 e. The molecule has 25 heavy (non-hydrogen) atoms. The Morgan fingerprint density at radius 1 is 1.04 bits per heavy atom. The maximum atomic E-state index is 6.36. The normalized spacial score (nSPS) is 11.3. The van der Waals surface area contributed by atoms with E-state index in [2.05, 4.69) is 34.0 Å². The van der Waals surface area contributed by atoms with Crippen LogP contribution >= 0.6 is 35.0 Å². The highest BCUT2D eigenvalue weighted by Gasteiger charge is 2.20. The van der Waals surface area contributed by atoms with E-state index < -0.39 is 0 Å². The maximum absolute atomic E-state index is 6.36. The fourth-order valence-corrected chi connectivity index (χ4v) is 4.06. The minimum absolute atomic E-state index is 0.156. The summed E-state index contributed by atoms with van der Waals surface area (Å²) in [6.07, 6.45) is 0. The van der Waals surface area contributed by atoms with Crippen LogP contribution in [0.15, 0.2) is 34.4 Å². The summed E-state index contributed by atoms with van der Waals surface area (Å²) in [5, 5.41) is 11.5. The van der Waals surface area contributed by atoms with E-state index in [4.69, 9.17) is 23.2 Å². The Balaban J connectivity index is 2.05. The minimum atomic E-state index is 0.156. The quantitative estimate of drug-likeness (QED) is 0.556. The number of nitrogens with zero attached hydrogens (tertiary/aromatic N) is 5. The van der Waals surface area contributed by atoms with Crippen LogP contribution in [0.25, 0.3) is 11.4 Å². The zero-order valence-electron chi connectivity index (χ0n) is 14.3. The molecule has 8 heteroatoms. The molecule has 0 spiro atoms. The van der Waals surface area contributed by atoms with Gasteiger partial charge in [0.2, 0.25) is 0 Å². The van der Waals surface area contributed by atoms with Crippen LogP contribution in [0.4, 0.5) is 0 Å². The first-order valence-electron chi connectivity index (χ1n) is 7.75. The summed E-state index contributed by atoms with van der Waals surface area (Å²) in [6, 6.07) is 7.46. The molecule has 3 aromatic rings. The van der Waals surface area contributed by atoms with Crippen LogP contribution in [0, 0.1) is 13.8 Å². The van der Waals surface area contributed by atoms with Crippen molar-refractivity contribution in [3.8, 4) is 11.4 Å². The molecular weight excluding hydrogens is 377 g/mol. The van der Waals surface area contributed by atoms with Gasteiger partial charge in [-0.15, -0.1) is 10.2 Å². The highest BCUT2D eigenvalue weighted by Crippen LogP contribution is 2.35. The largest absolute Gasteiger partial charge is 0.299 e. The van der Waals surface area contributed by atoms with Gasteiger partial charge in [0.15, 0.2) is 11.0 Å². The number of rotatable bonds is 4. The molecule has 0 saturated carbocycles. The van der Waals surface area contributed by atoms with Crippen molar-refractivity contribution in [1.29, 1.82) is 0 Å². The van der Waals surface area contributed by atoms with Gasteiger partial charge in [0.05, 0.1) is 5.02 Å². The molecule has 2 heterocycles. The molecule has 2 aromatic heterocycles. The van der Waals surface area contributed by atoms with Crippen LogP contribution in [0.1, 0.15) is 31.4 Å². The van der Waals surface area contributed by atoms with Crippen LogP contribution in [0.5, 0.6) is 0 Å². The van der Waals surface area contributed by atoms with Gasteiger partial charge >= 0.3 is 0 Å². The van der Waals surface area contributed by atoms with Crippen molar-refractivity contribution in [3.63, 3.8) is 0 Å². The second-order valence-corrected chi connectivity index (χ2v) is 7.72. The van der Waals surface area contributed by atoms with Crippen molar-refractivity contribution >= 4 is 35.0 Å². The first kappa shape index (κ1) is 18.2. The molecule has 0 aliphatic carbocycles. The third-order valence-corrected chi connectivity index (χ3v) is 4.92. The third-order valence-electron chi connectivity index (χ3n) is 3.49. The molecule has 0 fully saturated rings. The lowest BCUT2D eigenvalue weighted by atomic mass is 10.2. The lowest BCUT2D eigenvalue weighted by Gasteiger charge is -2.14. The molecular formula is C17H17Cl2N5S. The van der Waals surface area contributed by atoms with Crippen molar-refractivity contribution in [3.05, 3.63) is 45.8 Å². The molecule has 0 amide bonds. The van der Waals surface area contributed by atoms with Crippen molar-refractivity contribution < 1.29 is 0 Å². The lowest BCUT2D eigenvalue weighted by Crippen LogP contribution is -2.05. The van der Waals surface area contributed by atoms with E-state index in [0.717, 1.165) is 27.3 Å². The number of halogens is 2. The van der Waals surface area contributed by atoms with E-state index in [0.29, 0.717) is 15.9 Å². The van der Waals surface area contributed by atoms with Gasteiger partial charge in [-0.25, -0.2) is 9.97 Å². The summed E-state index contributed by atoms with van der Waals surface area (Å²) in [6.45, 7) is 7.99. The Hall–Kier alpha value is -1.63. The predicted octanol–water partition coefficient (Wildman–Crippen LogP) is 5.39. The standard InChI is InChI=1S/C17H17Cl2N5S/c1-9(2)24-16(13-6-5-12(18)8-14(13)19)22-23-17(24)25-15-7-10(3)20-11(4)21-15/h5-9H,1-4H3. The highest BCUT2D eigenvalue weighted by atomic mass is 35.5. The first-order chi connectivity index (χ1) is 11.8. The summed E-state index contributed by atoms with van der Waals surface area (Å²) >= 11 is 13.8. The van der Waals surface area contributed by atoms with E-state index in [9.17, 15) is 0 Å². The van der Waals surface area contributed by atoms with E-state index in [-0.39, 0.29) is 6.04 Å². The van der Waals surface area contributed by atoms with Gasteiger partial charge in [-0.05, 0) is 63.7 Å². The maximum Gasteiger partial charge on any atom is 0.198 e. The van der Waals surface area contributed by atoms with Gasteiger partial charge in [-0.2, -0.15) is 0 Å². The van der Waals surface area contributed by atoms with Crippen molar-refractivity contribution in [2.24, 2.45) is 0 Å². The predicted molar refractivity (Wildman–Crippen MR) is 101 cm³/mol. The van der Waals surface area contributed by atoms with Gasteiger partial charge in [-0.3, -0.25) is 4.57 Å². The third kappa shape index (κ3) is 3.97. The number of hydrogen-bond acceptors (Lipinski definition) is 5. The fraction of sp³-hybridized carbons (Fsp3) is 0.294. The molecule has 0 atom stereocenters. The first-order valence-corrected chi connectivity index (χ1v) is 9.33. The Morgan fingerprint density at radius 2 is 1.80 bits per heavy atom. The summed E-state index contributed by atoms with van der Waals surface area (Å²) in [4.78, 5) is 8.78. The second-order valence-electron chi connectivity index (χ2n) is 5.89. The molecule has 0 N–H and O–H groups in total. The molecule has 0 radical (unpaired) electrons. The Labute approximate surface area is 160 Å². The molecule has 130 valence electrons. The van der Waals surface area contributed by atoms with Crippen LogP contribution < -0.4 is 0 Å². The van der Waals surface area contributed by atoms with E-state index in [1.807, 2.05) is 30.5 Å². The smallest absolute Gasteiger partial charge is 0.198 e. The van der Waals surface area contributed by atoms with Gasteiger partial charge in [0.1, 0.15) is 10.9 Å². The topological polar surface area (TPSA) is 56.5 Å². The average Bonchev–Trinajstić information content (AvgIpc) is 2.89. The summed E-state index contributed by atoms with van der Waals surface area (Å²) in [7, 11) is 0. The number of benzene rings is 1. The van der Waals surface area contributed by atoms with Crippen LogP contribution in [-0.4, -0.2) is 24.7 Å². The van der Waals surface area contributed by atoms with Crippen molar-refractivity contribution in [2.45, 2.75) is 43.9 Å². The Morgan fingerprint density at radius 3 is 2.44 bits per heavy atom. The van der Waals surface area contributed by atoms with Gasteiger partial charge in [-0.1, -0.05) is 23.2 Å². The molecule has 0 aliphatic rings. The summed E-state index contributed by atoms with van der Waals surface area (Å²) in [5.74, 6) is 1.45. The summed E-state index contributed by atoms with van der Waals surface area (Å²) in [5.41, 5.74) is 1.72. The molecule has 0 bridgehead atoms. The van der Waals surface area contributed by atoms with E-state index >= 15 is 0 Å². The number of aromatic nitrogens is 5. The molecule has 0 aliphatic heterocycles. The Bertz CT molecular complexity index is 903. The molecule has 5 nitrogen and oxygen atoms in total. The Kier molecular flexibility index (Phi) is 5.32. The van der Waals surface area contributed by atoms with Crippen LogP contribution in [0.3, 0.4) is 0 Å². The van der Waals surface area contributed by atoms with Crippen LogP contribution in [0.2, 0.25) is 10.0 Å². The lowest BCUT2D eigenvalue weighted by molar-refractivity contribution is 0.555. The fourth-order valence-electron chi connectivity index (χ4n) is 2.50. The van der Waals surface area contributed by atoms with Gasteiger partial charge in [0.25, 0.3) is 0 Å². The highest BCUT2D eigenvalue weighted by molar-refractivity contribution is 7.99. The SMILES string of the molecule is Cc1cc(Sc2nnc(-c3ccc(Cl)cc3Cl)n2C(C)C)nc(C)n1. The molecule has 3 rings (SSSR count). The molecule has 1 aromatic carbocycles. The summed E-state index contributed by atoms with van der Waals surface area (Å²) < 4.78 is 2.05. The van der Waals surface area contributed by atoms with Crippen molar-refractivity contribution in [1.82, 2.24) is 24.7 Å². The van der Waals surface area contributed by atoms with Gasteiger partial charge in [0, 0.05) is 22.3 Å². The molecule has 0 saturated heterocycles.